The third-order valence-electron chi connectivity index (χ3n) is 8.16. The standard InChI is InChI=1S/C31H41F3O2/c1-3-5-19-36-29-17-12-24(20-28(29)32)21-6-8-22(9-7-21)26-15-16-27(31(34)30(26)33)23-10-13-25(14-11-23)35-18-4-2/h12,15-17,20-23,25H,3-11,13-14,18-19H2,1-2H3. The van der Waals surface area contributed by atoms with E-state index in [1.165, 1.54) is 0 Å². The highest BCUT2D eigenvalue weighted by molar-refractivity contribution is 5.34. The normalized spacial score (nSPS) is 24.6. The van der Waals surface area contributed by atoms with Crippen LogP contribution in [0.4, 0.5) is 13.2 Å². The first-order valence-electron chi connectivity index (χ1n) is 14.0. The molecule has 2 fully saturated rings. The molecule has 2 aliphatic carbocycles. The van der Waals surface area contributed by atoms with Gasteiger partial charge in [-0.15, -0.1) is 0 Å². The average molecular weight is 503 g/mol. The summed E-state index contributed by atoms with van der Waals surface area (Å²) in [5, 5.41) is 0. The Balaban J connectivity index is 1.34. The summed E-state index contributed by atoms with van der Waals surface area (Å²) in [6.07, 6.45) is 9.88. The van der Waals surface area contributed by atoms with Crippen LogP contribution in [0.5, 0.6) is 5.75 Å². The van der Waals surface area contributed by atoms with Crippen molar-refractivity contribution in [2.45, 2.75) is 108 Å². The van der Waals surface area contributed by atoms with E-state index in [2.05, 4.69) is 13.8 Å². The molecule has 0 bridgehead atoms. The lowest BCUT2D eigenvalue weighted by atomic mass is 9.75. The predicted molar refractivity (Wildman–Crippen MR) is 138 cm³/mol. The van der Waals surface area contributed by atoms with Crippen LogP contribution < -0.4 is 4.74 Å². The van der Waals surface area contributed by atoms with Crippen molar-refractivity contribution in [3.05, 3.63) is 64.5 Å². The molecule has 2 aliphatic rings. The zero-order valence-electron chi connectivity index (χ0n) is 21.8. The third-order valence-corrected chi connectivity index (χ3v) is 8.16. The summed E-state index contributed by atoms with van der Waals surface area (Å²) in [5.41, 5.74) is 1.99. The molecule has 0 radical (unpaired) electrons. The molecule has 198 valence electrons. The first-order valence-corrected chi connectivity index (χ1v) is 14.0. The summed E-state index contributed by atoms with van der Waals surface area (Å²) < 4.78 is 56.3. The van der Waals surface area contributed by atoms with E-state index in [4.69, 9.17) is 9.47 Å². The summed E-state index contributed by atoms with van der Waals surface area (Å²) in [7, 11) is 0. The van der Waals surface area contributed by atoms with E-state index in [1.807, 2.05) is 18.2 Å². The Morgan fingerprint density at radius 3 is 1.83 bits per heavy atom. The van der Waals surface area contributed by atoms with E-state index < -0.39 is 11.6 Å². The van der Waals surface area contributed by atoms with Gasteiger partial charge in [0.1, 0.15) is 0 Å². The highest BCUT2D eigenvalue weighted by atomic mass is 19.2. The maximum absolute atomic E-state index is 15.2. The molecule has 0 aromatic heterocycles. The second kappa shape index (κ2) is 13.0. The van der Waals surface area contributed by atoms with E-state index in [-0.39, 0.29) is 29.7 Å². The number of benzene rings is 2. The van der Waals surface area contributed by atoms with E-state index in [0.29, 0.717) is 23.5 Å². The van der Waals surface area contributed by atoms with Gasteiger partial charge in [-0.2, -0.15) is 0 Å². The summed E-state index contributed by atoms with van der Waals surface area (Å²) in [5.74, 6) is -1.04. The van der Waals surface area contributed by atoms with Crippen LogP contribution in [-0.4, -0.2) is 19.3 Å². The number of halogens is 3. The smallest absolute Gasteiger partial charge is 0.165 e. The fourth-order valence-corrected chi connectivity index (χ4v) is 5.99. The molecule has 2 saturated carbocycles. The predicted octanol–water partition coefficient (Wildman–Crippen LogP) is 9.18. The van der Waals surface area contributed by atoms with Crippen LogP contribution in [-0.2, 0) is 4.74 Å². The highest BCUT2D eigenvalue weighted by Crippen LogP contribution is 2.43. The Labute approximate surface area is 214 Å². The van der Waals surface area contributed by atoms with Gasteiger partial charge in [-0.25, -0.2) is 13.2 Å². The minimum absolute atomic E-state index is 0.00415. The molecule has 2 nitrogen and oxygen atoms in total. The first-order chi connectivity index (χ1) is 17.5. The quantitative estimate of drug-likeness (QED) is 0.302. The number of rotatable bonds is 10. The lowest BCUT2D eigenvalue weighted by Gasteiger charge is -2.31. The minimum atomic E-state index is -0.667. The molecule has 2 aromatic rings. The second-order valence-corrected chi connectivity index (χ2v) is 10.7. The molecule has 0 amide bonds. The number of ether oxygens (including phenoxy) is 2. The van der Waals surface area contributed by atoms with Gasteiger partial charge >= 0.3 is 0 Å². The Morgan fingerprint density at radius 2 is 1.28 bits per heavy atom. The maximum Gasteiger partial charge on any atom is 0.165 e. The monoisotopic (exact) mass is 502 g/mol. The van der Waals surface area contributed by atoms with Gasteiger partial charge in [-0.3, -0.25) is 0 Å². The van der Waals surface area contributed by atoms with Crippen molar-refractivity contribution in [1.82, 2.24) is 0 Å². The van der Waals surface area contributed by atoms with Crippen molar-refractivity contribution in [2.24, 2.45) is 0 Å². The van der Waals surface area contributed by atoms with Crippen LogP contribution in [0, 0.1) is 17.5 Å². The Kier molecular flexibility index (Phi) is 9.75. The average Bonchev–Trinajstić information content (AvgIpc) is 2.90. The molecule has 0 atom stereocenters. The molecule has 0 unspecified atom stereocenters. The van der Waals surface area contributed by atoms with Crippen molar-refractivity contribution in [3.8, 4) is 5.75 Å². The fourth-order valence-electron chi connectivity index (χ4n) is 5.99. The van der Waals surface area contributed by atoms with Crippen molar-refractivity contribution in [1.29, 1.82) is 0 Å². The minimum Gasteiger partial charge on any atom is -0.491 e. The summed E-state index contributed by atoms with van der Waals surface area (Å²) >= 11 is 0. The number of unbranched alkanes of at least 4 members (excludes halogenated alkanes) is 1. The van der Waals surface area contributed by atoms with E-state index in [9.17, 15) is 4.39 Å². The van der Waals surface area contributed by atoms with Gasteiger partial charge < -0.3 is 9.47 Å². The van der Waals surface area contributed by atoms with Crippen molar-refractivity contribution in [2.75, 3.05) is 13.2 Å². The van der Waals surface area contributed by atoms with Crippen LogP contribution in [0.2, 0.25) is 0 Å². The second-order valence-electron chi connectivity index (χ2n) is 10.7. The molecule has 2 aromatic carbocycles. The number of hydrogen-bond donors (Lipinski definition) is 0. The molecule has 0 spiro atoms. The van der Waals surface area contributed by atoms with E-state index >= 15 is 8.78 Å². The molecule has 0 saturated heterocycles. The first kappa shape index (κ1) is 27.0. The lowest BCUT2D eigenvalue weighted by Crippen LogP contribution is -2.22. The van der Waals surface area contributed by atoms with Crippen LogP contribution in [0.25, 0.3) is 0 Å². The third kappa shape index (κ3) is 6.45. The van der Waals surface area contributed by atoms with Crippen LogP contribution in [0.15, 0.2) is 30.3 Å². The van der Waals surface area contributed by atoms with Crippen LogP contribution >= 0.6 is 0 Å². The van der Waals surface area contributed by atoms with Gasteiger partial charge in [0, 0.05) is 6.61 Å². The number of hydrogen-bond acceptors (Lipinski definition) is 2. The van der Waals surface area contributed by atoms with Crippen LogP contribution in [0.3, 0.4) is 0 Å². The molecular formula is C31H41F3O2. The molecule has 0 aliphatic heterocycles. The van der Waals surface area contributed by atoms with Gasteiger partial charge in [0.2, 0.25) is 0 Å². The molecule has 4 rings (SSSR count). The summed E-state index contributed by atoms with van der Waals surface area (Å²) in [6.45, 7) is 5.46. The Bertz CT molecular complexity index is 976. The van der Waals surface area contributed by atoms with E-state index in [0.717, 1.165) is 82.8 Å². The van der Waals surface area contributed by atoms with Gasteiger partial charge in [-0.1, -0.05) is 38.5 Å². The Hall–Kier alpha value is -2.01. The van der Waals surface area contributed by atoms with Crippen molar-refractivity contribution in [3.63, 3.8) is 0 Å². The van der Waals surface area contributed by atoms with Gasteiger partial charge in [-0.05, 0) is 111 Å². The molecule has 5 heteroatoms. The maximum atomic E-state index is 15.2. The summed E-state index contributed by atoms with van der Waals surface area (Å²) in [6, 6.07) is 8.91. The van der Waals surface area contributed by atoms with Crippen LogP contribution in [0.1, 0.15) is 119 Å². The Morgan fingerprint density at radius 1 is 0.694 bits per heavy atom. The lowest BCUT2D eigenvalue weighted by molar-refractivity contribution is 0.0248. The van der Waals surface area contributed by atoms with E-state index in [1.54, 1.807) is 12.1 Å². The zero-order valence-corrected chi connectivity index (χ0v) is 21.8. The van der Waals surface area contributed by atoms with Gasteiger partial charge in [0.25, 0.3) is 0 Å². The molecule has 0 N–H and O–H groups in total. The highest BCUT2D eigenvalue weighted by Gasteiger charge is 2.30. The molecule has 36 heavy (non-hydrogen) atoms. The van der Waals surface area contributed by atoms with Gasteiger partial charge in [0.05, 0.1) is 12.7 Å². The fraction of sp³-hybridized carbons (Fsp3) is 0.613. The van der Waals surface area contributed by atoms with Crippen molar-refractivity contribution < 1.29 is 22.6 Å². The SMILES string of the molecule is CCCCOc1ccc(C2CCC(c3ccc(C4CCC(OCCC)CC4)c(F)c3F)CC2)cc1F. The summed E-state index contributed by atoms with van der Waals surface area (Å²) in [4.78, 5) is 0. The zero-order chi connectivity index (χ0) is 25.5. The van der Waals surface area contributed by atoms with Crippen molar-refractivity contribution >= 4 is 0 Å². The van der Waals surface area contributed by atoms with Gasteiger partial charge in [0.15, 0.2) is 23.2 Å². The largest absolute Gasteiger partial charge is 0.491 e. The topological polar surface area (TPSA) is 18.5 Å². The molecular weight excluding hydrogens is 461 g/mol. The molecule has 0 heterocycles.